The van der Waals surface area contributed by atoms with Crippen LogP contribution < -0.4 is 0 Å². The van der Waals surface area contributed by atoms with E-state index < -0.39 is 0 Å². The van der Waals surface area contributed by atoms with Crippen molar-refractivity contribution in [3.05, 3.63) is 169 Å². The molecule has 12 rings (SSSR count). The predicted octanol–water partition coefficient (Wildman–Crippen LogP) is 14.3. The number of para-hydroxylation sites is 4. The maximum atomic E-state index is 6.63. The minimum absolute atomic E-state index is 0.879. The molecule has 3 heteroatoms. The molecule has 252 valence electrons. The highest BCUT2D eigenvalue weighted by atomic mass is 16.3. The van der Waals surface area contributed by atoms with Crippen LogP contribution in [0.4, 0.5) is 0 Å². The van der Waals surface area contributed by atoms with Crippen LogP contribution in [0.15, 0.2) is 167 Å². The summed E-state index contributed by atoms with van der Waals surface area (Å²) in [5.41, 5.74) is 13.5. The Morgan fingerprint density at radius 2 is 0.963 bits per heavy atom. The minimum Gasteiger partial charge on any atom is -0.455 e. The van der Waals surface area contributed by atoms with E-state index in [-0.39, 0.29) is 0 Å². The molecule has 11 aromatic rings. The van der Waals surface area contributed by atoms with E-state index in [4.69, 9.17) is 13.8 Å². The number of nitrogens with zero attached hydrogens (tertiary/aromatic N) is 1. The van der Waals surface area contributed by atoms with Gasteiger partial charge in [-0.15, -0.1) is 0 Å². The molecule has 0 atom stereocenters. The molecule has 0 fully saturated rings. The number of benzene rings is 8. The van der Waals surface area contributed by atoms with Gasteiger partial charge in [-0.25, -0.2) is 4.98 Å². The number of hydrogen-bond acceptors (Lipinski definition) is 3. The number of aromatic nitrogens is 1. The molecule has 1 aliphatic carbocycles. The molecule has 0 saturated carbocycles. The van der Waals surface area contributed by atoms with Gasteiger partial charge in [0.05, 0.1) is 11.2 Å². The Bertz CT molecular complexity index is 3260. The van der Waals surface area contributed by atoms with E-state index in [1.165, 1.54) is 32.7 Å². The predicted molar refractivity (Wildman–Crippen MR) is 225 cm³/mol. The molecule has 1 aliphatic rings. The Balaban J connectivity index is 1.21. The number of pyridine rings is 1. The summed E-state index contributed by atoms with van der Waals surface area (Å²) in [6.45, 7) is 0. The molecule has 3 aromatic heterocycles. The second-order valence-corrected chi connectivity index (χ2v) is 14.5. The van der Waals surface area contributed by atoms with E-state index in [1.54, 1.807) is 0 Å². The van der Waals surface area contributed by atoms with Crippen LogP contribution in [0.2, 0.25) is 0 Å². The molecule has 8 aromatic carbocycles. The lowest BCUT2D eigenvalue weighted by Gasteiger charge is -2.20. The van der Waals surface area contributed by atoms with Crippen LogP contribution >= 0.6 is 0 Å². The van der Waals surface area contributed by atoms with Crippen molar-refractivity contribution in [3.63, 3.8) is 0 Å². The minimum atomic E-state index is 0.879. The van der Waals surface area contributed by atoms with E-state index in [0.717, 1.165) is 101 Å². The van der Waals surface area contributed by atoms with Crippen LogP contribution in [0.25, 0.3) is 116 Å². The van der Waals surface area contributed by atoms with E-state index in [0.29, 0.717) is 0 Å². The third-order valence-corrected chi connectivity index (χ3v) is 11.5. The van der Waals surface area contributed by atoms with Crippen molar-refractivity contribution in [2.24, 2.45) is 0 Å². The molecule has 0 radical (unpaired) electrons. The van der Waals surface area contributed by atoms with E-state index in [2.05, 4.69) is 140 Å². The third-order valence-electron chi connectivity index (χ3n) is 11.5. The first-order valence-corrected chi connectivity index (χ1v) is 18.7. The normalized spacial score (nSPS) is 13.0. The Hall–Kier alpha value is -6.97. The number of furan rings is 2. The Labute approximate surface area is 310 Å². The summed E-state index contributed by atoms with van der Waals surface area (Å²) in [6, 6.07) is 54.0. The van der Waals surface area contributed by atoms with Crippen molar-refractivity contribution in [2.45, 2.75) is 12.8 Å². The quantitative estimate of drug-likeness (QED) is 0.173. The van der Waals surface area contributed by atoms with Crippen LogP contribution in [0.3, 0.4) is 0 Å². The fourth-order valence-corrected chi connectivity index (χ4v) is 9.11. The fraction of sp³-hybridized carbons (Fsp3) is 0.0392. The molecule has 0 N–H and O–H groups in total. The van der Waals surface area contributed by atoms with Gasteiger partial charge in [-0.05, 0) is 76.2 Å². The van der Waals surface area contributed by atoms with Gasteiger partial charge < -0.3 is 8.83 Å². The summed E-state index contributed by atoms with van der Waals surface area (Å²) in [4.78, 5) is 5.69. The second-order valence-electron chi connectivity index (χ2n) is 14.5. The highest BCUT2D eigenvalue weighted by molar-refractivity contribution is 6.22. The van der Waals surface area contributed by atoms with Crippen molar-refractivity contribution < 1.29 is 8.83 Å². The summed E-state index contributed by atoms with van der Waals surface area (Å²) < 4.78 is 13.3. The number of hydrogen-bond donors (Lipinski definition) is 0. The summed E-state index contributed by atoms with van der Waals surface area (Å²) >= 11 is 0. The average Bonchev–Trinajstić information content (AvgIpc) is 3.82. The number of fused-ring (bicyclic) bond motifs is 14. The van der Waals surface area contributed by atoms with Crippen LogP contribution in [0, 0.1) is 0 Å². The summed E-state index contributed by atoms with van der Waals surface area (Å²) in [5.74, 6) is 0. The molecule has 0 unspecified atom stereocenters. The topological polar surface area (TPSA) is 39.2 Å². The van der Waals surface area contributed by atoms with Gasteiger partial charge in [0.2, 0.25) is 0 Å². The SMILES string of the molecule is C1=Cc2c(c3ccccc3c3nc(-c4cc(-c5cccc6c5oc5ccccc56)cc(-c5cccc6c5oc5ccccc56)c4)c4ccccc4c23)CC1. The van der Waals surface area contributed by atoms with Crippen molar-refractivity contribution in [1.29, 1.82) is 0 Å². The number of aryl methyl sites for hydroxylation is 1. The van der Waals surface area contributed by atoms with E-state index in [9.17, 15) is 0 Å². The lowest BCUT2D eigenvalue weighted by Crippen LogP contribution is -2.00. The van der Waals surface area contributed by atoms with Gasteiger partial charge in [0.25, 0.3) is 0 Å². The van der Waals surface area contributed by atoms with Crippen LogP contribution in [-0.4, -0.2) is 4.98 Å². The van der Waals surface area contributed by atoms with Crippen LogP contribution in [0.5, 0.6) is 0 Å². The fourth-order valence-electron chi connectivity index (χ4n) is 9.11. The average molecular weight is 690 g/mol. The molecular formula is C51H31NO2. The molecule has 3 nitrogen and oxygen atoms in total. The first-order chi connectivity index (χ1) is 26.8. The van der Waals surface area contributed by atoms with Gasteiger partial charge in [-0.1, -0.05) is 133 Å². The molecule has 0 bridgehead atoms. The van der Waals surface area contributed by atoms with Crippen molar-refractivity contribution >= 4 is 82.4 Å². The smallest absolute Gasteiger partial charge is 0.143 e. The van der Waals surface area contributed by atoms with Crippen LogP contribution in [0.1, 0.15) is 17.5 Å². The molecule has 54 heavy (non-hydrogen) atoms. The zero-order valence-corrected chi connectivity index (χ0v) is 29.3. The maximum absolute atomic E-state index is 6.63. The zero-order chi connectivity index (χ0) is 35.3. The lowest BCUT2D eigenvalue weighted by molar-refractivity contribution is 0.670. The zero-order valence-electron chi connectivity index (χ0n) is 29.3. The Morgan fingerprint density at radius 3 is 1.61 bits per heavy atom. The van der Waals surface area contributed by atoms with Gasteiger partial charge in [0, 0.05) is 54.4 Å². The van der Waals surface area contributed by atoms with Gasteiger partial charge in [0.1, 0.15) is 22.3 Å². The van der Waals surface area contributed by atoms with Gasteiger partial charge in [-0.3, -0.25) is 0 Å². The molecule has 3 heterocycles. The number of allylic oxidation sites excluding steroid dienone is 1. The van der Waals surface area contributed by atoms with Crippen molar-refractivity contribution in [1.82, 2.24) is 4.98 Å². The largest absolute Gasteiger partial charge is 0.455 e. The summed E-state index contributed by atoms with van der Waals surface area (Å²) in [7, 11) is 0. The lowest BCUT2D eigenvalue weighted by atomic mass is 9.85. The number of rotatable bonds is 3. The molecular weight excluding hydrogens is 659 g/mol. The highest BCUT2D eigenvalue weighted by Gasteiger charge is 2.22. The van der Waals surface area contributed by atoms with E-state index >= 15 is 0 Å². The maximum Gasteiger partial charge on any atom is 0.143 e. The van der Waals surface area contributed by atoms with E-state index in [1.807, 2.05) is 24.3 Å². The highest BCUT2D eigenvalue weighted by Crippen LogP contribution is 2.45. The van der Waals surface area contributed by atoms with Crippen molar-refractivity contribution in [3.8, 4) is 33.5 Å². The van der Waals surface area contributed by atoms with Crippen molar-refractivity contribution in [2.75, 3.05) is 0 Å². The molecule has 0 amide bonds. The first-order valence-electron chi connectivity index (χ1n) is 18.7. The first kappa shape index (κ1) is 29.6. The van der Waals surface area contributed by atoms with Gasteiger partial charge in [-0.2, -0.15) is 0 Å². The van der Waals surface area contributed by atoms with Gasteiger partial charge >= 0.3 is 0 Å². The molecule has 0 spiro atoms. The Morgan fingerprint density at radius 1 is 0.444 bits per heavy atom. The van der Waals surface area contributed by atoms with Gasteiger partial charge in [0.15, 0.2) is 0 Å². The summed E-state index contributed by atoms with van der Waals surface area (Å²) in [5, 5.41) is 10.5. The Kier molecular flexibility index (Phi) is 6.17. The third kappa shape index (κ3) is 4.21. The monoisotopic (exact) mass is 689 g/mol. The molecule has 0 saturated heterocycles. The van der Waals surface area contributed by atoms with Crippen LogP contribution in [-0.2, 0) is 6.42 Å². The summed E-state index contributed by atoms with van der Waals surface area (Å²) in [6.07, 6.45) is 6.72. The standard InChI is InChI=1S/C51H31NO2/c1-3-17-39-35(13-1)36-14-2-5-19-41(36)49-47(39)40-18-4-6-20-42(40)48(52-49)32-28-30(33-21-11-23-43-37-15-7-9-25-45(37)53-50(33)43)27-31(29-32)34-22-12-24-44-38-16-8-10-26-46(38)54-51(34)44/h2-12,14-29H,1,13H2. The molecule has 0 aliphatic heterocycles. The second kappa shape index (κ2) is 11.3.